The summed E-state index contributed by atoms with van der Waals surface area (Å²) in [6.45, 7) is 3.13. The fourth-order valence-corrected chi connectivity index (χ4v) is 1.73. The Morgan fingerprint density at radius 1 is 1.43 bits per heavy atom. The summed E-state index contributed by atoms with van der Waals surface area (Å²) in [6, 6.07) is 5.70. The van der Waals surface area contributed by atoms with E-state index in [9.17, 15) is 23.1 Å². The van der Waals surface area contributed by atoms with Gasteiger partial charge in [-0.15, -0.1) is 13.2 Å². The van der Waals surface area contributed by atoms with Gasteiger partial charge < -0.3 is 15.2 Å². The van der Waals surface area contributed by atoms with Crippen LogP contribution < -0.4 is 10.1 Å². The van der Waals surface area contributed by atoms with E-state index in [0.717, 1.165) is 6.08 Å². The highest BCUT2D eigenvalue weighted by molar-refractivity contribution is 5.86. The van der Waals surface area contributed by atoms with Crippen LogP contribution >= 0.6 is 0 Å². The first-order chi connectivity index (χ1) is 9.85. The summed E-state index contributed by atoms with van der Waals surface area (Å²) in [6.07, 6.45) is -3.56. The molecule has 7 heteroatoms. The molecule has 0 aliphatic carbocycles. The molecule has 21 heavy (non-hydrogen) atoms. The maximum absolute atomic E-state index is 12.3. The monoisotopic (exact) mass is 303 g/mol. The van der Waals surface area contributed by atoms with Gasteiger partial charge in [-0.25, -0.2) is 0 Å². The summed E-state index contributed by atoms with van der Waals surface area (Å²) in [5.41, 5.74) is 0.307. The number of benzene rings is 1. The van der Waals surface area contributed by atoms with Crippen LogP contribution in [-0.2, 0) is 11.2 Å². The number of hydrogen-bond acceptors (Lipinski definition) is 3. The Morgan fingerprint density at radius 2 is 2.10 bits per heavy atom. The number of rotatable bonds is 7. The molecule has 0 aliphatic rings. The highest BCUT2D eigenvalue weighted by atomic mass is 19.4. The second-order valence-corrected chi connectivity index (χ2v) is 4.36. The van der Waals surface area contributed by atoms with E-state index in [1.54, 1.807) is 6.07 Å². The Morgan fingerprint density at radius 3 is 2.67 bits per heavy atom. The zero-order valence-corrected chi connectivity index (χ0v) is 11.2. The van der Waals surface area contributed by atoms with Gasteiger partial charge in [-0.1, -0.05) is 24.8 Å². The third-order valence-electron chi connectivity index (χ3n) is 2.72. The lowest BCUT2D eigenvalue weighted by Gasteiger charge is -2.18. The molecule has 0 aliphatic heterocycles. The highest BCUT2D eigenvalue weighted by Crippen LogP contribution is 2.27. The quantitative estimate of drug-likeness (QED) is 0.758. The average Bonchev–Trinajstić information content (AvgIpc) is 2.43. The van der Waals surface area contributed by atoms with E-state index in [1.165, 1.54) is 18.2 Å². The van der Waals surface area contributed by atoms with Crippen molar-refractivity contribution in [1.82, 2.24) is 5.32 Å². The molecule has 0 fully saturated rings. The minimum atomic E-state index is -4.78. The van der Waals surface area contributed by atoms with Crippen LogP contribution in [0.1, 0.15) is 5.56 Å². The Labute approximate surface area is 120 Å². The molecular formula is C14H16F3NO3. The van der Waals surface area contributed by atoms with Gasteiger partial charge in [0.05, 0.1) is 0 Å². The van der Waals surface area contributed by atoms with Gasteiger partial charge in [0, 0.05) is 19.1 Å². The van der Waals surface area contributed by atoms with Crippen LogP contribution in [0.5, 0.6) is 5.75 Å². The number of alkyl halides is 3. The van der Waals surface area contributed by atoms with Crippen LogP contribution in [0.4, 0.5) is 13.2 Å². The van der Waals surface area contributed by atoms with E-state index >= 15 is 0 Å². The topological polar surface area (TPSA) is 58.6 Å². The van der Waals surface area contributed by atoms with E-state index in [1.807, 2.05) is 0 Å². The molecular weight excluding hydrogens is 287 g/mol. The van der Waals surface area contributed by atoms with Gasteiger partial charge in [-0.05, 0) is 24.1 Å². The molecule has 1 atom stereocenters. The van der Waals surface area contributed by atoms with Crippen LogP contribution in [0.25, 0.3) is 0 Å². The Hall–Kier alpha value is -2.02. The molecule has 0 heterocycles. The van der Waals surface area contributed by atoms with Crippen molar-refractivity contribution in [3.05, 3.63) is 42.5 Å². The Kier molecular flexibility index (Phi) is 6.23. The van der Waals surface area contributed by atoms with E-state index in [0.29, 0.717) is 5.56 Å². The second kappa shape index (κ2) is 7.68. The highest BCUT2D eigenvalue weighted by Gasteiger charge is 2.32. The zero-order valence-electron chi connectivity index (χ0n) is 11.2. The molecule has 0 saturated carbocycles. The summed E-state index contributed by atoms with van der Waals surface area (Å²) < 4.78 is 40.8. The molecule has 0 aromatic heterocycles. The maximum Gasteiger partial charge on any atom is 0.573 e. The minimum absolute atomic E-state index is 0.127. The van der Waals surface area contributed by atoms with E-state index < -0.39 is 18.2 Å². The van der Waals surface area contributed by atoms with Crippen molar-refractivity contribution in [3.8, 4) is 5.75 Å². The normalized spacial score (nSPS) is 12.6. The first-order valence-corrected chi connectivity index (χ1v) is 6.20. The van der Waals surface area contributed by atoms with Crippen molar-refractivity contribution in [2.24, 2.45) is 5.92 Å². The molecule has 2 N–H and O–H groups in total. The fraction of sp³-hybridized carbons (Fsp3) is 0.357. The lowest BCUT2D eigenvalue weighted by molar-refractivity contribution is -0.274. The van der Waals surface area contributed by atoms with Crippen LogP contribution in [-0.4, -0.2) is 30.5 Å². The number of nitrogens with one attached hydrogen (secondary N) is 1. The maximum atomic E-state index is 12.3. The number of halogens is 3. The van der Waals surface area contributed by atoms with Crippen molar-refractivity contribution in [2.75, 3.05) is 13.2 Å². The summed E-state index contributed by atoms with van der Waals surface area (Å²) in [5.74, 6) is -1.14. The summed E-state index contributed by atoms with van der Waals surface area (Å²) in [5, 5.41) is 11.7. The third-order valence-corrected chi connectivity index (χ3v) is 2.72. The number of hydrogen-bond donors (Lipinski definition) is 2. The van der Waals surface area contributed by atoms with Gasteiger partial charge in [0.25, 0.3) is 0 Å². The van der Waals surface area contributed by atoms with Gasteiger partial charge in [0.15, 0.2) is 0 Å². The largest absolute Gasteiger partial charge is 0.573 e. The van der Waals surface area contributed by atoms with Crippen LogP contribution in [0.15, 0.2) is 36.9 Å². The first kappa shape index (κ1) is 17.0. The lowest BCUT2D eigenvalue weighted by Crippen LogP contribution is -2.30. The molecule has 4 nitrogen and oxygen atoms in total. The number of carbonyl (C=O) groups is 1. The molecule has 1 rings (SSSR count). The Balaban J connectivity index is 2.75. The molecule has 1 aromatic carbocycles. The molecule has 0 spiro atoms. The summed E-state index contributed by atoms with van der Waals surface area (Å²) in [7, 11) is 0. The SMILES string of the molecule is C=CC(=O)NCC(CO)Cc1ccccc1OC(F)(F)F. The number of amides is 1. The van der Waals surface area contributed by atoms with Crippen LogP contribution in [0, 0.1) is 5.92 Å². The van der Waals surface area contributed by atoms with Gasteiger partial charge >= 0.3 is 6.36 Å². The number of ether oxygens (including phenoxy) is 1. The van der Waals surface area contributed by atoms with Crippen LogP contribution in [0.3, 0.4) is 0 Å². The van der Waals surface area contributed by atoms with Gasteiger partial charge in [-0.3, -0.25) is 4.79 Å². The number of aliphatic hydroxyl groups is 1. The smallest absolute Gasteiger partial charge is 0.406 e. The lowest BCUT2D eigenvalue weighted by atomic mass is 9.99. The third kappa shape index (κ3) is 6.31. The van der Waals surface area contributed by atoms with Crippen molar-refractivity contribution in [2.45, 2.75) is 12.8 Å². The molecule has 1 amide bonds. The van der Waals surface area contributed by atoms with Crippen molar-refractivity contribution in [3.63, 3.8) is 0 Å². The number of aliphatic hydroxyl groups excluding tert-OH is 1. The predicted molar refractivity (Wildman–Crippen MR) is 70.6 cm³/mol. The van der Waals surface area contributed by atoms with E-state index in [2.05, 4.69) is 16.6 Å². The van der Waals surface area contributed by atoms with Crippen LogP contribution in [0.2, 0.25) is 0 Å². The predicted octanol–water partition coefficient (Wildman–Crippen LogP) is 2.04. The molecule has 1 unspecified atom stereocenters. The van der Waals surface area contributed by atoms with Gasteiger partial charge in [-0.2, -0.15) is 0 Å². The van der Waals surface area contributed by atoms with E-state index in [-0.39, 0.29) is 25.3 Å². The fourth-order valence-electron chi connectivity index (χ4n) is 1.73. The minimum Gasteiger partial charge on any atom is -0.406 e. The molecule has 1 aromatic rings. The number of carbonyl (C=O) groups excluding carboxylic acids is 1. The second-order valence-electron chi connectivity index (χ2n) is 4.36. The molecule has 0 saturated heterocycles. The first-order valence-electron chi connectivity index (χ1n) is 6.20. The summed E-state index contributed by atoms with van der Waals surface area (Å²) in [4.78, 5) is 11.1. The van der Waals surface area contributed by atoms with Gasteiger partial charge in [0.2, 0.25) is 5.91 Å². The van der Waals surface area contributed by atoms with Gasteiger partial charge in [0.1, 0.15) is 5.75 Å². The average molecular weight is 303 g/mol. The number of para-hydroxylation sites is 1. The summed E-state index contributed by atoms with van der Waals surface area (Å²) >= 11 is 0. The zero-order chi connectivity index (χ0) is 15.9. The molecule has 0 radical (unpaired) electrons. The standard InChI is InChI=1S/C14H16F3NO3/c1-2-13(20)18-8-10(9-19)7-11-5-3-4-6-12(11)21-14(15,16)17/h2-6,10,19H,1,7-9H2,(H,18,20). The Bertz CT molecular complexity index is 489. The molecule has 116 valence electrons. The molecule has 0 bridgehead atoms. The van der Waals surface area contributed by atoms with Crippen molar-refractivity contribution in [1.29, 1.82) is 0 Å². The van der Waals surface area contributed by atoms with Crippen molar-refractivity contribution >= 4 is 5.91 Å². The van der Waals surface area contributed by atoms with Crippen molar-refractivity contribution < 1.29 is 27.8 Å². The van der Waals surface area contributed by atoms with E-state index in [4.69, 9.17) is 0 Å².